The molecule has 0 N–H and O–H groups in total. The molecule has 0 aliphatic heterocycles. The molecular formula is C18H15FN2O2. The molecule has 0 aliphatic carbocycles. The number of benzene rings is 2. The van der Waals surface area contributed by atoms with Crippen LogP contribution in [0.3, 0.4) is 0 Å². The number of halogens is 1. The number of nitrogens with zero attached hydrogens (tertiary/aromatic N) is 2. The molecular weight excluding hydrogens is 295 g/mol. The lowest BCUT2D eigenvalue weighted by Crippen LogP contribution is -2.29. The van der Waals surface area contributed by atoms with Gasteiger partial charge in [0.25, 0.3) is 0 Å². The van der Waals surface area contributed by atoms with Gasteiger partial charge in [0, 0.05) is 25.0 Å². The molecule has 3 rings (SSSR count). The summed E-state index contributed by atoms with van der Waals surface area (Å²) in [5.74, 6) is -0.692. The van der Waals surface area contributed by atoms with Crippen LogP contribution in [0.2, 0.25) is 0 Å². The van der Waals surface area contributed by atoms with E-state index in [2.05, 4.69) is 0 Å². The summed E-state index contributed by atoms with van der Waals surface area (Å²) in [6.45, 7) is 0. The molecule has 5 heteroatoms. The molecule has 1 aromatic heterocycles. The number of amides is 1. The van der Waals surface area contributed by atoms with Gasteiger partial charge >= 0.3 is 6.03 Å². The average Bonchev–Trinajstić information content (AvgIpc) is 2.92. The van der Waals surface area contributed by atoms with Crippen LogP contribution in [0.1, 0.15) is 16.1 Å². The Morgan fingerprint density at radius 2 is 1.70 bits per heavy atom. The summed E-state index contributed by atoms with van der Waals surface area (Å²) in [6, 6.07) is 14.0. The molecule has 0 radical (unpaired) electrons. The zero-order valence-electron chi connectivity index (χ0n) is 12.8. The summed E-state index contributed by atoms with van der Waals surface area (Å²) in [6.07, 6.45) is 0. The van der Waals surface area contributed by atoms with Gasteiger partial charge in [-0.2, -0.15) is 0 Å². The van der Waals surface area contributed by atoms with Gasteiger partial charge in [0.05, 0.1) is 11.2 Å². The van der Waals surface area contributed by atoms with E-state index in [0.717, 1.165) is 0 Å². The van der Waals surface area contributed by atoms with Gasteiger partial charge < -0.3 is 4.90 Å². The summed E-state index contributed by atoms with van der Waals surface area (Å²) < 4.78 is 14.8. The molecule has 0 unspecified atom stereocenters. The molecule has 3 aromatic rings. The Bertz CT molecular complexity index is 898. The molecule has 4 nitrogen and oxygen atoms in total. The molecule has 0 saturated heterocycles. The van der Waals surface area contributed by atoms with E-state index in [4.69, 9.17) is 0 Å². The fourth-order valence-electron chi connectivity index (χ4n) is 2.50. The quantitative estimate of drug-likeness (QED) is 0.679. The average molecular weight is 310 g/mol. The monoisotopic (exact) mass is 310 g/mol. The van der Waals surface area contributed by atoms with Gasteiger partial charge in [-0.25, -0.2) is 9.18 Å². The smallest absolute Gasteiger partial charge is 0.328 e. The number of hydrogen-bond acceptors (Lipinski definition) is 2. The molecule has 0 spiro atoms. The molecule has 2 aromatic carbocycles. The number of carbonyl (C=O) groups excluding carboxylic acids is 2. The van der Waals surface area contributed by atoms with E-state index >= 15 is 0 Å². The summed E-state index contributed by atoms with van der Waals surface area (Å²) in [5, 5.41) is 0.513. The number of rotatable bonds is 2. The first-order valence-electron chi connectivity index (χ1n) is 7.11. The van der Waals surface area contributed by atoms with Crippen LogP contribution in [0.25, 0.3) is 10.9 Å². The van der Waals surface area contributed by atoms with E-state index in [1.165, 1.54) is 27.7 Å². The maximum atomic E-state index is 13.5. The lowest BCUT2D eigenvalue weighted by Gasteiger charge is -2.14. The van der Waals surface area contributed by atoms with Crippen LogP contribution in [0, 0.1) is 5.82 Å². The van der Waals surface area contributed by atoms with Crippen molar-refractivity contribution >= 4 is 22.7 Å². The normalized spacial score (nSPS) is 10.7. The third kappa shape index (κ3) is 2.61. The van der Waals surface area contributed by atoms with Crippen LogP contribution < -0.4 is 0 Å². The second-order valence-electron chi connectivity index (χ2n) is 5.44. The zero-order valence-corrected chi connectivity index (χ0v) is 12.8. The van der Waals surface area contributed by atoms with Gasteiger partial charge in [0.1, 0.15) is 5.82 Å². The van der Waals surface area contributed by atoms with Crippen LogP contribution in [0.5, 0.6) is 0 Å². The first kappa shape index (κ1) is 15.0. The topological polar surface area (TPSA) is 42.3 Å². The highest BCUT2D eigenvalue weighted by atomic mass is 19.1. The third-order valence-corrected chi connectivity index (χ3v) is 3.61. The van der Waals surface area contributed by atoms with E-state index < -0.39 is 5.82 Å². The van der Waals surface area contributed by atoms with Crippen molar-refractivity contribution in [3.8, 4) is 0 Å². The molecule has 0 bridgehead atoms. The minimum atomic E-state index is -0.411. The highest BCUT2D eigenvalue weighted by Gasteiger charge is 2.22. The van der Waals surface area contributed by atoms with Crippen LogP contribution in [-0.4, -0.2) is 35.4 Å². The highest BCUT2D eigenvalue weighted by Crippen LogP contribution is 2.23. The molecule has 116 valence electrons. The van der Waals surface area contributed by atoms with Gasteiger partial charge in [-0.05, 0) is 24.3 Å². The molecule has 0 aliphatic rings. The van der Waals surface area contributed by atoms with Gasteiger partial charge in [-0.15, -0.1) is 0 Å². The lowest BCUT2D eigenvalue weighted by atomic mass is 10.1. The first-order valence-corrected chi connectivity index (χ1v) is 7.11. The van der Waals surface area contributed by atoms with Crippen molar-refractivity contribution in [2.75, 3.05) is 14.1 Å². The molecule has 0 fully saturated rings. The summed E-state index contributed by atoms with van der Waals surface area (Å²) in [4.78, 5) is 26.6. The molecule has 23 heavy (non-hydrogen) atoms. The predicted octanol–water partition coefficient (Wildman–Crippen LogP) is 3.54. The fourth-order valence-corrected chi connectivity index (χ4v) is 2.50. The number of aromatic nitrogens is 1. The Kier molecular flexibility index (Phi) is 3.70. The SMILES string of the molecule is CN(C)C(=O)n1c(C(=O)c2ccccc2)cc2cc(F)ccc21. The second kappa shape index (κ2) is 5.68. The van der Waals surface area contributed by atoms with Crippen LogP contribution >= 0.6 is 0 Å². The second-order valence-corrected chi connectivity index (χ2v) is 5.44. The Hall–Kier alpha value is -2.95. The first-order chi connectivity index (χ1) is 11.0. The number of fused-ring (bicyclic) bond motifs is 1. The molecule has 0 saturated carbocycles. The number of carbonyl (C=O) groups is 2. The summed E-state index contributed by atoms with van der Waals surface area (Å²) in [5.41, 5.74) is 1.20. The van der Waals surface area contributed by atoms with Crippen molar-refractivity contribution in [3.05, 3.63) is 71.7 Å². The van der Waals surface area contributed by atoms with E-state index in [1.54, 1.807) is 44.4 Å². The Morgan fingerprint density at radius 3 is 2.35 bits per heavy atom. The minimum absolute atomic E-state index is 0.218. The van der Waals surface area contributed by atoms with Gasteiger partial charge in [0.2, 0.25) is 5.78 Å². The Balaban J connectivity index is 2.25. The molecule has 0 atom stereocenters. The highest BCUT2D eigenvalue weighted by molar-refractivity contribution is 6.13. The van der Waals surface area contributed by atoms with E-state index in [0.29, 0.717) is 16.5 Å². The third-order valence-electron chi connectivity index (χ3n) is 3.61. The van der Waals surface area contributed by atoms with Crippen molar-refractivity contribution < 1.29 is 14.0 Å². The van der Waals surface area contributed by atoms with Gasteiger partial charge in [-0.3, -0.25) is 9.36 Å². The van der Waals surface area contributed by atoms with Crippen molar-refractivity contribution in [1.29, 1.82) is 0 Å². The van der Waals surface area contributed by atoms with Crippen LogP contribution in [0.15, 0.2) is 54.6 Å². The van der Waals surface area contributed by atoms with Crippen molar-refractivity contribution in [2.45, 2.75) is 0 Å². The summed E-state index contributed by atoms with van der Waals surface area (Å²) in [7, 11) is 3.21. The zero-order chi connectivity index (χ0) is 16.6. The van der Waals surface area contributed by atoms with Crippen molar-refractivity contribution in [2.24, 2.45) is 0 Å². The fraction of sp³-hybridized carbons (Fsp3) is 0.111. The largest absolute Gasteiger partial charge is 0.330 e. The maximum absolute atomic E-state index is 13.5. The van der Waals surface area contributed by atoms with E-state index in [-0.39, 0.29) is 17.5 Å². The molecule has 1 heterocycles. The lowest BCUT2D eigenvalue weighted by molar-refractivity contribution is 0.103. The van der Waals surface area contributed by atoms with E-state index in [9.17, 15) is 14.0 Å². The van der Waals surface area contributed by atoms with Crippen LogP contribution in [-0.2, 0) is 0 Å². The van der Waals surface area contributed by atoms with Crippen LogP contribution in [0.4, 0.5) is 9.18 Å². The Morgan fingerprint density at radius 1 is 1.00 bits per heavy atom. The maximum Gasteiger partial charge on any atom is 0.328 e. The van der Waals surface area contributed by atoms with Crippen molar-refractivity contribution in [3.63, 3.8) is 0 Å². The van der Waals surface area contributed by atoms with Gasteiger partial charge in [0.15, 0.2) is 0 Å². The number of hydrogen-bond donors (Lipinski definition) is 0. The standard InChI is InChI=1S/C18H15FN2O2/c1-20(2)18(23)21-15-9-8-14(19)10-13(15)11-16(21)17(22)12-6-4-3-5-7-12/h3-11H,1-2H3. The number of ketones is 1. The van der Waals surface area contributed by atoms with Gasteiger partial charge in [-0.1, -0.05) is 30.3 Å². The minimum Gasteiger partial charge on any atom is -0.330 e. The predicted molar refractivity (Wildman–Crippen MR) is 86.3 cm³/mol. The summed E-state index contributed by atoms with van der Waals surface area (Å²) >= 11 is 0. The molecule has 1 amide bonds. The van der Waals surface area contributed by atoms with Crippen molar-refractivity contribution in [1.82, 2.24) is 9.47 Å². The van der Waals surface area contributed by atoms with E-state index in [1.807, 2.05) is 6.07 Å². The Labute approximate surface area is 132 Å².